The van der Waals surface area contributed by atoms with Crippen LogP contribution in [0.4, 0.5) is 5.95 Å². The summed E-state index contributed by atoms with van der Waals surface area (Å²) in [4.78, 5) is 23.7. The zero-order valence-corrected chi connectivity index (χ0v) is 16.8. The minimum atomic E-state index is 0.173. The predicted molar refractivity (Wildman–Crippen MR) is 113 cm³/mol. The summed E-state index contributed by atoms with van der Waals surface area (Å²) in [5, 5.41) is 7.52. The van der Waals surface area contributed by atoms with Gasteiger partial charge in [-0.05, 0) is 36.8 Å². The van der Waals surface area contributed by atoms with Crippen LogP contribution in [-0.2, 0) is 30.7 Å². The zero-order valence-electron chi connectivity index (χ0n) is 16.8. The van der Waals surface area contributed by atoms with E-state index in [1.165, 1.54) is 11.1 Å². The number of aromatic nitrogens is 2. The van der Waals surface area contributed by atoms with Crippen LogP contribution < -0.4 is 21.8 Å². The molecule has 9 heteroatoms. The number of nitrogens with one attached hydrogen (secondary N) is 4. The SMILES string of the molecule is O=C(CCCCC1=NNNN1)N1Cc2cnc(NC3Cc4ccccc4C3)nc2C1. The second-order valence-corrected chi connectivity index (χ2v) is 8.06. The molecule has 9 nitrogen and oxygen atoms in total. The van der Waals surface area contributed by atoms with Crippen LogP contribution in [-0.4, -0.2) is 32.7 Å². The van der Waals surface area contributed by atoms with Gasteiger partial charge in [-0.2, -0.15) is 0 Å². The quantitative estimate of drug-likeness (QED) is 0.515. The summed E-state index contributed by atoms with van der Waals surface area (Å²) >= 11 is 0. The van der Waals surface area contributed by atoms with Crippen molar-refractivity contribution in [3.05, 3.63) is 52.8 Å². The van der Waals surface area contributed by atoms with E-state index in [-0.39, 0.29) is 5.91 Å². The highest BCUT2D eigenvalue weighted by molar-refractivity contribution is 5.82. The first-order valence-corrected chi connectivity index (χ1v) is 10.5. The van der Waals surface area contributed by atoms with Crippen molar-refractivity contribution >= 4 is 17.7 Å². The Morgan fingerprint density at radius 3 is 2.73 bits per heavy atom. The number of hydrogen-bond donors (Lipinski definition) is 4. The number of hydrogen-bond acceptors (Lipinski definition) is 8. The fraction of sp³-hybridized carbons (Fsp3) is 0.429. The molecule has 1 aromatic heterocycles. The van der Waals surface area contributed by atoms with Gasteiger partial charge in [-0.3, -0.25) is 10.2 Å². The molecule has 0 radical (unpaired) electrons. The maximum atomic E-state index is 12.6. The molecule has 3 heterocycles. The van der Waals surface area contributed by atoms with E-state index in [9.17, 15) is 4.79 Å². The van der Waals surface area contributed by atoms with Crippen LogP contribution in [0.3, 0.4) is 0 Å². The van der Waals surface area contributed by atoms with Crippen LogP contribution >= 0.6 is 0 Å². The molecule has 0 unspecified atom stereocenters. The minimum absolute atomic E-state index is 0.173. The average Bonchev–Trinajstić information content (AvgIpc) is 3.49. The highest BCUT2D eigenvalue weighted by Gasteiger charge is 2.26. The number of fused-ring (bicyclic) bond motifs is 2. The van der Waals surface area contributed by atoms with Gasteiger partial charge < -0.3 is 10.2 Å². The molecule has 3 aliphatic rings. The summed E-state index contributed by atoms with van der Waals surface area (Å²) in [6.07, 6.45) is 6.97. The van der Waals surface area contributed by atoms with Crippen molar-refractivity contribution in [3.8, 4) is 0 Å². The number of carbonyl (C=O) groups is 1. The highest BCUT2D eigenvalue weighted by atomic mass is 16.2. The molecule has 0 fully saturated rings. The lowest BCUT2D eigenvalue weighted by atomic mass is 10.1. The van der Waals surface area contributed by atoms with Crippen LogP contribution in [0.1, 0.15) is 48.1 Å². The molecule has 4 N–H and O–H groups in total. The maximum Gasteiger partial charge on any atom is 0.223 e. The summed E-state index contributed by atoms with van der Waals surface area (Å²) in [6, 6.07) is 8.88. The lowest BCUT2D eigenvalue weighted by Gasteiger charge is -2.14. The zero-order chi connectivity index (χ0) is 20.3. The van der Waals surface area contributed by atoms with Crippen LogP contribution in [0.5, 0.6) is 0 Å². The maximum absolute atomic E-state index is 12.6. The standard InChI is InChI=1S/C21H26N8O/c30-20(8-4-3-7-19-25-27-28-26-19)29-12-16-11-22-21(24-18(16)13-29)23-17-9-14-5-1-2-6-15(14)10-17/h1-2,5-6,11,17,27-28H,3-4,7-10,12-13H2,(H,25,26)(H,22,23,24). The molecule has 0 saturated heterocycles. The van der Waals surface area contributed by atoms with Gasteiger partial charge in [0.1, 0.15) is 5.84 Å². The number of nitrogens with zero attached hydrogens (tertiary/aromatic N) is 4. The molecule has 1 amide bonds. The fourth-order valence-electron chi connectivity index (χ4n) is 4.31. The molecule has 0 spiro atoms. The molecule has 156 valence electrons. The largest absolute Gasteiger partial charge is 0.351 e. The molecule has 2 aliphatic heterocycles. The Labute approximate surface area is 175 Å². The van der Waals surface area contributed by atoms with Gasteiger partial charge in [-0.1, -0.05) is 24.3 Å². The summed E-state index contributed by atoms with van der Waals surface area (Å²) in [5.41, 5.74) is 13.1. The van der Waals surface area contributed by atoms with Gasteiger partial charge in [0.05, 0.1) is 12.2 Å². The van der Waals surface area contributed by atoms with Crippen molar-refractivity contribution in [1.82, 2.24) is 31.4 Å². The fourth-order valence-corrected chi connectivity index (χ4v) is 4.31. The lowest BCUT2D eigenvalue weighted by Crippen LogP contribution is -2.34. The minimum Gasteiger partial charge on any atom is -0.351 e. The number of carbonyl (C=O) groups excluding carboxylic acids is 1. The van der Waals surface area contributed by atoms with Crippen LogP contribution in [0, 0.1) is 0 Å². The van der Waals surface area contributed by atoms with Gasteiger partial charge in [-0.15, -0.1) is 10.6 Å². The topological polar surface area (TPSA) is 107 Å². The predicted octanol–water partition coefficient (Wildman–Crippen LogP) is 1.38. The van der Waals surface area contributed by atoms with E-state index in [0.29, 0.717) is 31.5 Å². The molecule has 2 aromatic rings. The molecular formula is C21H26N8O. The Hall–Kier alpha value is -3.20. The van der Waals surface area contributed by atoms with Crippen LogP contribution in [0.25, 0.3) is 0 Å². The number of amidine groups is 1. The van der Waals surface area contributed by atoms with Gasteiger partial charge >= 0.3 is 0 Å². The molecule has 0 bridgehead atoms. The Kier molecular flexibility index (Phi) is 5.18. The smallest absolute Gasteiger partial charge is 0.223 e. The Bertz CT molecular complexity index is 950. The lowest BCUT2D eigenvalue weighted by molar-refractivity contribution is -0.131. The molecule has 0 atom stereocenters. The van der Waals surface area contributed by atoms with Crippen molar-refractivity contribution in [2.75, 3.05) is 5.32 Å². The van der Waals surface area contributed by atoms with Gasteiger partial charge in [0.25, 0.3) is 0 Å². The van der Waals surface area contributed by atoms with E-state index in [0.717, 1.165) is 49.2 Å². The van der Waals surface area contributed by atoms with Crippen molar-refractivity contribution in [1.29, 1.82) is 0 Å². The normalized spacial score (nSPS) is 17.2. The summed E-state index contributed by atoms with van der Waals surface area (Å²) in [7, 11) is 0. The number of unbranched alkanes of at least 4 members (excludes halogenated alkanes) is 1. The third kappa shape index (κ3) is 4.06. The number of benzene rings is 1. The number of hydrazine groups is 2. The van der Waals surface area contributed by atoms with Crippen molar-refractivity contribution in [2.45, 2.75) is 57.7 Å². The first-order chi connectivity index (χ1) is 14.7. The summed E-state index contributed by atoms with van der Waals surface area (Å²) < 4.78 is 0. The van der Waals surface area contributed by atoms with Gasteiger partial charge in [0, 0.05) is 37.2 Å². The van der Waals surface area contributed by atoms with Gasteiger partial charge in [0.2, 0.25) is 11.9 Å². The van der Waals surface area contributed by atoms with Crippen LogP contribution in [0.2, 0.25) is 0 Å². The Morgan fingerprint density at radius 2 is 1.97 bits per heavy atom. The third-order valence-corrected chi connectivity index (χ3v) is 5.90. The first kappa shape index (κ1) is 18.8. The van der Waals surface area contributed by atoms with E-state index in [1.807, 2.05) is 11.1 Å². The first-order valence-electron chi connectivity index (χ1n) is 10.5. The van der Waals surface area contributed by atoms with E-state index in [1.54, 1.807) is 0 Å². The number of amides is 1. The average molecular weight is 406 g/mol. The second kappa shape index (κ2) is 8.27. The molecule has 30 heavy (non-hydrogen) atoms. The van der Waals surface area contributed by atoms with Gasteiger partial charge in [0.15, 0.2) is 0 Å². The number of anilines is 1. The summed E-state index contributed by atoms with van der Waals surface area (Å²) in [5.74, 6) is 1.70. The van der Waals surface area contributed by atoms with E-state index in [2.05, 4.69) is 56.2 Å². The molecular weight excluding hydrogens is 380 g/mol. The van der Waals surface area contributed by atoms with E-state index < -0.39 is 0 Å². The molecule has 0 saturated carbocycles. The third-order valence-electron chi connectivity index (χ3n) is 5.90. The molecule has 1 aliphatic carbocycles. The Balaban J connectivity index is 1.11. The van der Waals surface area contributed by atoms with Crippen molar-refractivity contribution < 1.29 is 4.79 Å². The van der Waals surface area contributed by atoms with E-state index >= 15 is 0 Å². The number of rotatable bonds is 7. The molecule has 5 rings (SSSR count). The van der Waals surface area contributed by atoms with Crippen molar-refractivity contribution in [2.24, 2.45) is 5.10 Å². The monoisotopic (exact) mass is 406 g/mol. The molecule has 1 aromatic carbocycles. The van der Waals surface area contributed by atoms with Crippen molar-refractivity contribution in [3.63, 3.8) is 0 Å². The van der Waals surface area contributed by atoms with E-state index in [4.69, 9.17) is 4.98 Å². The van der Waals surface area contributed by atoms with Gasteiger partial charge in [-0.25, -0.2) is 15.5 Å². The summed E-state index contributed by atoms with van der Waals surface area (Å²) in [6.45, 7) is 1.17. The highest BCUT2D eigenvalue weighted by Crippen LogP contribution is 2.26. The van der Waals surface area contributed by atoms with Crippen LogP contribution in [0.15, 0.2) is 35.6 Å². The second-order valence-electron chi connectivity index (χ2n) is 8.06. The number of hydrazone groups is 1. The Morgan fingerprint density at radius 1 is 1.13 bits per heavy atom.